The number of piperidine rings is 1. The van der Waals surface area contributed by atoms with Gasteiger partial charge in [0.15, 0.2) is 0 Å². The maximum Gasteiger partial charge on any atom is 0.333 e. The molecule has 102 valence electrons. The number of carbonyl (C=O) groups excluding carboxylic acids is 2. The fraction of sp³-hybridized carbons (Fsp3) is 0.692. The molecule has 0 aliphatic carbocycles. The van der Waals surface area contributed by atoms with E-state index in [0.717, 1.165) is 12.8 Å². The number of hydrogen-bond acceptors (Lipinski definition) is 4. The predicted octanol–water partition coefficient (Wildman–Crippen LogP) is 0.691. The highest BCUT2D eigenvalue weighted by atomic mass is 16.5. The summed E-state index contributed by atoms with van der Waals surface area (Å²) in [7, 11) is 1.37. The van der Waals surface area contributed by atoms with Gasteiger partial charge in [-0.25, -0.2) is 4.79 Å². The van der Waals surface area contributed by atoms with Gasteiger partial charge in [-0.15, -0.1) is 0 Å². The van der Waals surface area contributed by atoms with Crippen molar-refractivity contribution in [3.63, 3.8) is 0 Å². The van der Waals surface area contributed by atoms with Crippen molar-refractivity contribution in [3.05, 3.63) is 11.6 Å². The molecule has 18 heavy (non-hydrogen) atoms. The molecule has 2 atom stereocenters. The molecule has 1 rings (SSSR count). The quantitative estimate of drug-likeness (QED) is 0.592. The van der Waals surface area contributed by atoms with Crippen molar-refractivity contribution < 1.29 is 14.3 Å². The minimum atomic E-state index is -0.314. The Morgan fingerprint density at radius 2 is 2.11 bits per heavy atom. The van der Waals surface area contributed by atoms with E-state index < -0.39 is 0 Å². The van der Waals surface area contributed by atoms with Crippen LogP contribution in [-0.4, -0.2) is 43.0 Å². The largest absolute Gasteiger partial charge is 0.466 e. The standard InChI is InChI=1S/C13H22N2O3/c1-9(13(17)18-3)6-7-15-8-11(12(14)16)5-4-10(15)2/h6,10-11H,4-5,7-8H2,1-3H3,(H2,14,16). The molecule has 1 aliphatic heterocycles. The highest BCUT2D eigenvalue weighted by Gasteiger charge is 2.27. The Hall–Kier alpha value is -1.36. The lowest BCUT2D eigenvalue weighted by Gasteiger charge is -2.36. The van der Waals surface area contributed by atoms with Crippen molar-refractivity contribution >= 4 is 11.9 Å². The first kappa shape index (κ1) is 14.7. The molecule has 0 radical (unpaired) electrons. The van der Waals surface area contributed by atoms with E-state index in [1.54, 1.807) is 6.92 Å². The number of likely N-dealkylation sites (tertiary alicyclic amines) is 1. The molecular weight excluding hydrogens is 232 g/mol. The maximum absolute atomic E-state index is 11.3. The molecule has 0 aromatic rings. The molecular formula is C13H22N2O3. The van der Waals surface area contributed by atoms with Crippen molar-refractivity contribution in [1.82, 2.24) is 4.90 Å². The molecule has 1 heterocycles. The lowest BCUT2D eigenvalue weighted by atomic mass is 9.93. The Kier molecular flexibility index (Phi) is 5.34. The van der Waals surface area contributed by atoms with Gasteiger partial charge in [-0.2, -0.15) is 0 Å². The van der Waals surface area contributed by atoms with Crippen LogP contribution in [0.5, 0.6) is 0 Å². The molecule has 1 aliphatic rings. The Morgan fingerprint density at radius 3 is 2.67 bits per heavy atom. The zero-order chi connectivity index (χ0) is 13.7. The maximum atomic E-state index is 11.3. The molecule has 0 saturated carbocycles. The normalized spacial score (nSPS) is 25.8. The van der Waals surface area contributed by atoms with Crippen LogP contribution in [0.15, 0.2) is 11.6 Å². The number of hydrogen-bond donors (Lipinski definition) is 1. The van der Waals surface area contributed by atoms with Gasteiger partial charge in [-0.3, -0.25) is 9.69 Å². The van der Waals surface area contributed by atoms with E-state index >= 15 is 0 Å². The second kappa shape index (κ2) is 6.54. The number of rotatable bonds is 4. The van der Waals surface area contributed by atoms with Gasteiger partial charge in [-0.05, 0) is 26.7 Å². The third-order valence-electron chi connectivity index (χ3n) is 3.55. The number of esters is 1. The Labute approximate surface area is 108 Å². The number of nitrogens with two attached hydrogens (primary N) is 1. The topological polar surface area (TPSA) is 72.6 Å². The number of amides is 1. The molecule has 1 fully saturated rings. The first-order valence-electron chi connectivity index (χ1n) is 6.24. The van der Waals surface area contributed by atoms with Gasteiger partial charge in [0.1, 0.15) is 0 Å². The Bertz CT molecular complexity index is 352. The number of ether oxygens (including phenoxy) is 1. The number of methoxy groups -OCH3 is 1. The van der Waals surface area contributed by atoms with Gasteiger partial charge in [0.05, 0.1) is 13.0 Å². The van der Waals surface area contributed by atoms with Gasteiger partial charge >= 0.3 is 5.97 Å². The molecule has 0 bridgehead atoms. The minimum absolute atomic E-state index is 0.0759. The minimum Gasteiger partial charge on any atom is -0.466 e. The fourth-order valence-corrected chi connectivity index (χ4v) is 2.16. The molecule has 2 N–H and O–H groups in total. The number of carbonyl (C=O) groups is 2. The van der Waals surface area contributed by atoms with E-state index in [9.17, 15) is 9.59 Å². The first-order valence-corrected chi connectivity index (χ1v) is 6.24. The molecule has 1 amide bonds. The average Bonchev–Trinajstić information content (AvgIpc) is 2.36. The van der Waals surface area contributed by atoms with Gasteiger partial charge in [0.25, 0.3) is 0 Å². The number of nitrogens with zero attached hydrogens (tertiary/aromatic N) is 1. The van der Waals surface area contributed by atoms with E-state index in [-0.39, 0.29) is 17.8 Å². The van der Waals surface area contributed by atoms with Crippen LogP contribution in [0.4, 0.5) is 0 Å². The molecule has 0 aromatic carbocycles. The number of primary amides is 1. The zero-order valence-electron chi connectivity index (χ0n) is 11.3. The summed E-state index contributed by atoms with van der Waals surface area (Å²) in [5.74, 6) is -0.625. The molecule has 5 heteroatoms. The van der Waals surface area contributed by atoms with Crippen molar-refractivity contribution in [2.45, 2.75) is 32.7 Å². The molecule has 1 saturated heterocycles. The molecule has 2 unspecified atom stereocenters. The van der Waals surface area contributed by atoms with Crippen LogP contribution < -0.4 is 5.73 Å². The first-order chi connectivity index (χ1) is 8.45. The second-order valence-electron chi connectivity index (χ2n) is 4.86. The molecule has 5 nitrogen and oxygen atoms in total. The smallest absolute Gasteiger partial charge is 0.333 e. The van der Waals surface area contributed by atoms with Gasteiger partial charge in [0, 0.05) is 24.7 Å². The van der Waals surface area contributed by atoms with Crippen molar-refractivity contribution in [2.75, 3.05) is 20.2 Å². The van der Waals surface area contributed by atoms with Crippen molar-refractivity contribution in [2.24, 2.45) is 11.7 Å². The van der Waals surface area contributed by atoms with E-state index in [1.165, 1.54) is 7.11 Å². The predicted molar refractivity (Wildman–Crippen MR) is 68.7 cm³/mol. The van der Waals surface area contributed by atoms with E-state index in [4.69, 9.17) is 5.73 Å². The van der Waals surface area contributed by atoms with Crippen molar-refractivity contribution in [1.29, 1.82) is 0 Å². The lowest BCUT2D eigenvalue weighted by Crippen LogP contribution is -2.45. The highest BCUT2D eigenvalue weighted by Crippen LogP contribution is 2.21. The summed E-state index contributed by atoms with van der Waals surface area (Å²) in [6.45, 7) is 5.16. The van der Waals surface area contributed by atoms with Gasteiger partial charge in [-0.1, -0.05) is 6.08 Å². The molecule has 0 spiro atoms. The highest BCUT2D eigenvalue weighted by molar-refractivity contribution is 5.87. The summed E-state index contributed by atoms with van der Waals surface area (Å²) < 4.78 is 4.64. The Balaban J connectivity index is 2.59. The van der Waals surface area contributed by atoms with Gasteiger partial charge in [0.2, 0.25) is 5.91 Å². The zero-order valence-corrected chi connectivity index (χ0v) is 11.3. The molecule has 0 aromatic heterocycles. The van der Waals surface area contributed by atoms with Crippen LogP contribution in [0, 0.1) is 5.92 Å². The third-order valence-corrected chi connectivity index (χ3v) is 3.55. The summed E-state index contributed by atoms with van der Waals surface area (Å²) >= 11 is 0. The monoisotopic (exact) mass is 254 g/mol. The fourth-order valence-electron chi connectivity index (χ4n) is 2.16. The summed E-state index contributed by atoms with van der Waals surface area (Å²) in [5, 5.41) is 0. The van der Waals surface area contributed by atoms with Crippen LogP contribution >= 0.6 is 0 Å². The summed E-state index contributed by atoms with van der Waals surface area (Å²) in [6.07, 6.45) is 3.65. The van der Waals surface area contributed by atoms with E-state index in [1.807, 2.05) is 6.08 Å². The van der Waals surface area contributed by atoms with Crippen LogP contribution in [0.25, 0.3) is 0 Å². The van der Waals surface area contributed by atoms with Gasteiger partial charge < -0.3 is 10.5 Å². The SMILES string of the molecule is COC(=O)C(C)=CCN1CC(C(N)=O)CCC1C. The summed E-state index contributed by atoms with van der Waals surface area (Å²) in [6, 6.07) is 0.405. The second-order valence-corrected chi connectivity index (χ2v) is 4.86. The lowest BCUT2D eigenvalue weighted by molar-refractivity contribution is -0.136. The van der Waals surface area contributed by atoms with Crippen LogP contribution in [-0.2, 0) is 14.3 Å². The summed E-state index contributed by atoms with van der Waals surface area (Å²) in [5.41, 5.74) is 5.93. The van der Waals surface area contributed by atoms with Crippen LogP contribution in [0.2, 0.25) is 0 Å². The summed E-state index contributed by atoms with van der Waals surface area (Å²) in [4.78, 5) is 24.6. The Morgan fingerprint density at radius 1 is 1.44 bits per heavy atom. The van der Waals surface area contributed by atoms with Crippen LogP contribution in [0.1, 0.15) is 26.7 Å². The van der Waals surface area contributed by atoms with E-state index in [0.29, 0.717) is 24.7 Å². The van der Waals surface area contributed by atoms with Crippen LogP contribution in [0.3, 0.4) is 0 Å². The van der Waals surface area contributed by atoms with E-state index in [2.05, 4.69) is 16.6 Å². The average molecular weight is 254 g/mol. The third kappa shape index (κ3) is 3.84. The van der Waals surface area contributed by atoms with Crippen molar-refractivity contribution in [3.8, 4) is 0 Å².